The van der Waals surface area contributed by atoms with E-state index in [-0.39, 0.29) is 12.3 Å². The van der Waals surface area contributed by atoms with Crippen LogP contribution in [0.5, 0.6) is 0 Å². The van der Waals surface area contributed by atoms with Gasteiger partial charge in [0.15, 0.2) is 0 Å². The molecule has 0 heterocycles. The minimum Gasteiger partial charge on any atom is -0.325 e. The van der Waals surface area contributed by atoms with Crippen LogP contribution >= 0.6 is 11.6 Å². The molecule has 90 valence electrons. The number of nitrogens with two attached hydrogens (primary N) is 1. The molecule has 3 N–H and O–H groups in total. The molecule has 0 aromatic heterocycles. The van der Waals surface area contributed by atoms with Crippen LogP contribution in [0.2, 0.25) is 5.02 Å². The van der Waals surface area contributed by atoms with Gasteiger partial charge in [-0.25, -0.2) is 0 Å². The summed E-state index contributed by atoms with van der Waals surface area (Å²) in [6.07, 6.45) is 0.198. The van der Waals surface area contributed by atoms with Crippen LogP contribution in [0, 0.1) is 11.3 Å². The summed E-state index contributed by atoms with van der Waals surface area (Å²) in [4.78, 5) is 11.6. The first-order chi connectivity index (χ1) is 7.81. The second kappa shape index (κ2) is 5.17. The van der Waals surface area contributed by atoms with Crippen molar-refractivity contribution in [3.63, 3.8) is 0 Å². The molecule has 0 aliphatic heterocycles. The van der Waals surface area contributed by atoms with Gasteiger partial charge >= 0.3 is 0 Å². The molecule has 1 aromatic rings. The van der Waals surface area contributed by atoms with Crippen LogP contribution in [-0.2, 0) is 4.79 Å². The number of carbonyl (C=O) groups excluding carboxylic acids is 1. The molecule has 0 atom stereocenters. The van der Waals surface area contributed by atoms with Gasteiger partial charge in [-0.1, -0.05) is 11.6 Å². The Balaban J connectivity index is 2.76. The summed E-state index contributed by atoms with van der Waals surface area (Å²) in [6, 6.07) is 6.67. The van der Waals surface area contributed by atoms with Gasteiger partial charge in [0.1, 0.15) is 0 Å². The van der Waals surface area contributed by atoms with E-state index in [1.54, 1.807) is 26.0 Å². The fourth-order valence-electron chi connectivity index (χ4n) is 1.29. The van der Waals surface area contributed by atoms with Crippen molar-refractivity contribution in [3.05, 3.63) is 28.8 Å². The van der Waals surface area contributed by atoms with E-state index < -0.39 is 5.54 Å². The fourth-order valence-corrected chi connectivity index (χ4v) is 1.52. The van der Waals surface area contributed by atoms with Crippen LogP contribution in [0.15, 0.2) is 18.2 Å². The zero-order valence-corrected chi connectivity index (χ0v) is 10.5. The van der Waals surface area contributed by atoms with Crippen molar-refractivity contribution < 1.29 is 4.79 Å². The van der Waals surface area contributed by atoms with Crippen LogP contribution in [0.3, 0.4) is 0 Å². The molecule has 1 amide bonds. The zero-order valence-electron chi connectivity index (χ0n) is 9.75. The Morgan fingerprint density at radius 1 is 1.59 bits per heavy atom. The first-order valence-electron chi connectivity index (χ1n) is 5.10. The monoisotopic (exact) mass is 251 g/mol. The summed E-state index contributed by atoms with van der Waals surface area (Å²) in [5, 5.41) is 11.7. The van der Waals surface area contributed by atoms with Crippen LogP contribution in [-0.4, -0.2) is 11.4 Å². The predicted molar refractivity (Wildman–Crippen MR) is 67.7 cm³/mol. The van der Waals surface area contributed by atoms with Gasteiger partial charge in [-0.2, -0.15) is 5.26 Å². The van der Waals surface area contributed by atoms with Gasteiger partial charge in [0, 0.05) is 12.0 Å². The molecule has 0 saturated heterocycles. The largest absolute Gasteiger partial charge is 0.325 e. The third kappa shape index (κ3) is 4.43. The van der Waals surface area contributed by atoms with Crippen molar-refractivity contribution in [3.8, 4) is 6.07 Å². The number of anilines is 1. The Bertz CT molecular complexity index is 472. The average molecular weight is 252 g/mol. The quantitative estimate of drug-likeness (QED) is 0.865. The third-order valence-electron chi connectivity index (χ3n) is 1.99. The smallest absolute Gasteiger partial charge is 0.226 e. The summed E-state index contributed by atoms with van der Waals surface area (Å²) in [7, 11) is 0. The maximum absolute atomic E-state index is 11.6. The van der Waals surface area contributed by atoms with Crippen molar-refractivity contribution >= 4 is 23.2 Å². The second-order valence-electron chi connectivity index (χ2n) is 4.52. The standard InChI is InChI=1S/C12H14ClN3O/c1-12(2,15)6-11(17)16-10-4-3-8(7-14)5-9(10)13/h3-5H,6,15H2,1-2H3,(H,16,17). The number of halogens is 1. The van der Waals surface area contributed by atoms with E-state index in [1.165, 1.54) is 6.07 Å². The maximum atomic E-state index is 11.6. The topological polar surface area (TPSA) is 78.9 Å². The molecule has 1 rings (SSSR count). The molecule has 0 spiro atoms. The molecule has 1 aromatic carbocycles. The lowest BCUT2D eigenvalue weighted by Gasteiger charge is -2.17. The summed E-state index contributed by atoms with van der Waals surface area (Å²) in [5.74, 6) is -0.205. The van der Waals surface area contributed by atoms with E-state index in [2.05, 4.69) is 5.32 Å². The van der Waals surface area contributed by atoms with E-state index in [1.807, 2.05) is 6.07 Å². The molecule has 0 unspecified atom stereocenters. The van der Waals surface area contributed by atoms with Gasteiger partial charge in [-0.3, -0.25) is 4.79 Å². The first kappa shape index (κ1) is 13.5. The fraction of sp³-hybridized carbons (Fsp3) is 0.333. The summed E-state index contributed by atoms with van der Waals surface area (Å²) in [6.45, 7) is 3.54. The second-order valence-corrected chi connectivity index (χ2v) is 4.93. The lowest BCUT2D eigenvalue weighted by atomic mass is 10.0. The van der Waals surface area contributed by atoms with Gasteiger partial charge < -0.3 is 11.1 Å². The van der Waals surface area contributed by atoms with Crippen molar-refractivity contribution in [2.24, 2.45) is 5.73 Å². The molecule has 4 nitrogen and oxygen atoms in total. The number of carbonyl (C=O) groups is 1. The van der Waals surface area contributed by atoms with Crippen LogP contribution in [0.25, 0.3) is 0 Å². The van der Waals surface area contributed by atoms with E-state index in [4.69, 9.17) is 22.6 Å². The van der Waals surface area contributed by atoms with E-state index in [0.29, 0.717) is 16.3 Å². The Morgan fingerprint density at radius 2 is 2.24 bits per heavy atom. The molecule has 0 radical (unpaired) electrons. The van der Waals surface area contributed by atoms with Gasteiger partial charge in [-0.15, -0.1) is 0 Å². The van der Waals surface area contributed by atoms with E-state index >= 15 is 0 Å². The number of nitrogens with one attached hydrogen (secondary N) is 1. The number of hydrogen-bond donors (Lipinski definition) is 2. The number of nitriles is 1. The van der Waals surface area contributed by atoms with Crippen LogP contribution in [0.1, 0.15) is 25.8 Å². The predicted octanol–water partition coefficient (Wildman–Crippen LogP) is 2.28. The minimum atomic E-state index is -0.566. The summed E-state index contributed by atoms with van der Waals surface area (Å²) in [5.41, 5.74) is 6.11. The first-order valence-corrected chi connectivity index (χ1v) is 5.48. The van der Waals surface area contributed by atoms with Gasteiger partial charge in [0.25, 0.3) is 0 Å². The van der Waals surface area contributed by atoms with Gasteiger partial charge in [-0.05, 0) is 32.0 Å². The van der Waals surface area contributed by atoms with Crippen molar-refractivity contribution in [1.82, 2.24) is 0 Å². The summed E-state index contributed by atoms with van der Waals surface area (Å²) >= 11 is 5.93. The molecular weight excluding hydrogens is 238 g/mol. The van der Waals surface area contributed by atoms with Crippen molar-refractivity contribution in [2.75, 3.05) is 5.32 Å². The molecule has 0 fully saturated rings. The lowest BCUT2D eigenvalue weighted by molar-refractivity contribution is -0.117. The molecule has 5 heteroatoms. The highest BCUT2D eigenvalue weighted by Crippen LogP contribution is 2.23. The van der Waals surface area contributed by atoms with Crippen LogP contribution < -0.4 is 11.1 Å². The molecule has 0 saturated carbocycles. The minimum absolute atomic E-state index is 0.198. The number of hydrogen-bond acceptors (Lipinski definition) is 3. The molecule has 0 aliphatic rings. The van der Waals surface area contributed by atoms with E-state index in [9.17, 15) is 4.79 Å². The lowest BCUT2D eigenvalue weighted by Crippen LogP contribution is -2.36. The van der Waals surface area contributed by atoms with Crippen molar-refractivity contribution in [2.45, 2.75) is 25.8 Å². The highest BCUT2D eigenvalue weighted by molar-refractivity contribution is 6.33. The SMILES string of the molecule is CC(C)(N)CC(=O)Nc1ccc(C#N)cc1Cl. The highest BCUT2D eigenvalue weighted by Gasteiger charge is 2.17. The number of nitrogens with zero attached hydrogens (tertiary/aromatic N) is 1. The van der Waals surface area contributed by atoms with Gasteiger partial charge in [0.2, 0.25) is 5.91 Å². The molecular formula is C12H14ClN3O. The highest BCUT2D eigenvalue weighted by atomic mass is 35.5. The maximum Gasteiger partial charge on any atom is 0.226 e. The number of benzene rings is 1. The zero-order chi connectivity index (χ0) is 13.1. The number of rotatable bonds is 3. The van der Waals surface area contributed by atoms with Gasteiger partial charge in [0.05, 0.1) is 22.3 Å². The number of amides is 1. The third-order valence-corrected chi connectivity index (χ3v) is 2.30. The average Bonchev–Trinajstić information content (AvgIpc) is 2.18. The Morgan fingerprint density at radius 3 is 2.71 bits per heavy atom. The summed E-state index contributed by atoms with van der Waals surface area (Å²) < 4.78 is 0. The molecule has 0 bridgehead atoms. The Kier molecular flexibility index (Phi) is 4.11. The normalized spacial score (nSPS) is 10.8. The Labute approximate surface area is 105 Å². The van der Waals surface area contributed by atoms with E-state index in [0.717, 1.165) is 0 Å². The molecule has 0 aliphatic carbocycles. The van der Waals surface area contributed by atoms with Crippen molar-refractivity contribution in [1.29, 1.82) is 5.26 Å². The Hall–Kier alpha value is -1.57. The van der Waals surface area contributed by atoms with Crippen LogP contribution in [0.4, 0.5) is 5.69 Å². The molecule has 17 heavy (non-hydrogen) atoms.